The van der Waals surface area contributed by atoms with Gasteiger partial charge in [0, 0.05) is 13.1 Å². The summed E-state index contributed by atoms with van der Waals surface area (Å²) in [7, 11) is 0. The maximum absolute atomic E-state index is 13.1. The summed E-state index contributed by atoms with van der Waals surface area (Å²) < 4.78 is 1.89. The van der Waals surface area contributed by atoms with E-state index in [0.29, 0.717) is 24.2 Å². The summed E-state index contributed by atoms with van der Waals surface area (Å²) in [4.78, 5) is 15.1. The number of carbonyl (C=O) groups excluding carboxylic acids is 1. The molecule has 2 heterocycles. The molecular weight excluding hydrogens is 326 g/mol. The first-order valence-electron chi connectivity index (χ1n) is 9.75. The van der Waals surface area contributed by atoms with E-state index in [1.807, 2.05) is 34.0 Å². The summed E-state index contributed by atoms with van der Waals surface area (Å²) in [5, 5.41) is 11.8. The highest BCUT2D eigenvalue weighted by Crippen LogP contribution is 2.28. The van der Waals surface area contributed by atoms with E-state index in [2.05, 4.69) is 27.8 Å². The number of amides is 1. The van der Waals surface area contributed by atoms with Crippen LogP contribution in [0.15, 0.2) is 36.5 Å². The maximum Gasteiger partial charge on any atom is 0.276 e. The highest BCUT2D eigenvalue weighted by molar-refractivity contribution is 5.91. The fraction of sp³-hybridized carbons (Fsp3) is 0.550. The lowest BCUT2D eigenvalue weighted by Crippen LogP contribution is -2.37. The molecule has 1 aliphatic carbocycles. The Morgan fingerprint density at radius 3 is 2.62 bits per heavy atom. The van der Waals surface area contributed by atoms with Crippen LogP contribution in [0.2, 0.25) is 0 Å². The second kappa shape index (κ2) is 7.99. The minimum atomic E-state index is 0.000868. The molecule has 1 aromatic heterocycles. The Bertz CT molecular complexity index is 719. The van der Waals surface area contributed by atoms with Crippen molar-refractivity contribution >= 4 is 5.91 Å². The van der Waals surface area contributed by atoms with Crippen molar-refractivity contribution in [3.63, 3.8) is 0 Å². The van der Waals surface area contributed by atoms with Crippen molar-refractivity contribution in [2.24, 2.45) is 5.92 Å². The molecule has 2 aromatic rings. The van der Waals surface area contributed by atoms with Gasteiger partial charge in [0.25, 0.3) is 5.91 Å². The van der Waals surface area contributed by atoms with Gasteiger partial charge in [0.15, 0.2) is 5.69 Å². The van der Waals surface area contributed by atoms with E-state index in [4.69, 9.17) is 0 Å². The minimum absolute atomic E-state index is 0.000868. The summed E-state index contributed by atoms with van der Waals surface area (Å²) in [5.41, 5.74) is 1.63. The van der Waals surface area contributed by atoms with Crippen LogP contribution in [0.25, 0.3) is 0 Å². The average Bonchev–Trinajstić information content (AvgIpc) is 3.15. The van der Waals surface area contributed by atoms with Crippen LogP contribution in [0, 0.1) is 5.92 Å². The van der Waals surface area contributed by atoms with Crippen LogP contribution < -0.4 is 5.32 Å². The summed E-state index contributed by atoms with van der Waals surface area (Å²) >= 11 is 0. The van der Waals surface area contributed by atoms with E-state index in [-0.39, 0.29) is 5.91 Å². The third kappa shape index (κ3) is 3.96. The highest BCUT2D eigenvalue weighted by Gasteiger charge is 2.27. The van der Waals surface area contributed by atoms with Crippen molar-refractivity contribution in [3.05, 3.63) is 47.8 Å². The number of aromatic nitrogens is 3. The predicted octanol–water partition coefficient (Wildman–Crippen LogP) is 2.65. The largest absolute Gasteiger partial charge is 0.333 e. The van der Waals surface area contributed by atoms with E-state index in [9.17, 15) is 4.79 Å². The van der Waals surface area contributed by atoms with E-state index in [1.54, 1.807) is 0 Å². The first kappa shape index (κ1) is 17.2. The first-order valence-corrected chi connectivity index (χ1v) is 9.75. The van der Waals surface area contributed by atoms with Crippen molar-refractivity contribution in [1.82, 2.24) is 25.2 Å². The quantitative estimate of drug-likeness (QED) is 0.867. The molecule has 0 unspecified atom stereocenters. The van der Waals surface area contributed by atoms with Gasteiger partial charge in [-0.1, -0.05) is 42.0 Å². The number of nitrogens with one attached hydrogen (secondary N) is 1. The van der Waals surface area contributed by atoms with Crippen LogP contribution in [0.5, 0.6) is 0 Å². The Morgan fingerprint density at radius 1 is 1.15 bits per heavy atom. The second-order valence-corrected chi connectivity index (χ2v) is 7.53. The lowest BCUT2D eigenvalue weighted by atomic mass is 9.85. The molecular formula is C20H27N5O. The summed E-state index contributed by atoms with van der Waals surface area (Å²) in [6.45, 7) is 3.44. The highest BCUT2D eigenvalue weighted by atomic mass is 16.2. The van der Waals surface area contributed by atoms with Gasteiger partial charge in [0.05, 0.1) is 12.2 Å². The lowest BCUT2D eigenvalue weighted by Gasteiger charge is -2.32. The SMILES string of the molecule is O=C(c1cn(C2CCNCC2)nn1)N(Cc1ccccc1)CC1CCC1. The van der Waals surface area contributed by atoms with E-state index in [0.717, 1.165) is 38.0 Å². The van der Waals surface area contributed by atoms with E-state index < -0.39 is 0 Å². The van der Waals surface area contributed by atoms with Crippen LogP contribution in [0.3, 0.4) is 0 Å². The first-order chi connectivity index (χ1) is 12.8. The molecule has 0 radical (unpaired) electrons. The Hall–Kier alpha value is -2.21. The Kier molecular flexibility index (Phi) is 5.29. The number of rotatable bonds is 6. The van der Waals surface area contributed by atoms with Gasteiger partial charge in [-0.25, -0.2) is 4.68 Å². The van der Waals surface area contributed by atoms with Gasteiger partial charge in [-0.15, -0.1) is 5.10 Å². The smallest absolute Gasteiger partial charge is 0.276 e. The lowest BCUT2D eigenvalue weighted by molar-refractivity contribution is 0.0673. The maximum atomic E-state index is 13.1. The topological polar surface area (TPSA) is 63.1 Å². The summed E-state index contributed by atoms with van der Waals surface area (Å²) in [6.07, 6.45) is 7.64. The second-order valence-electron chi connectivity index (χ2n) is 7.53. The molecule has 6 nitrogen and oxygen atoms in total. The third-order valence-electron chi connectivity index (χ3n) is 5.62. The van der Waals surface area contributed by atoms with Gasteiger partial charge in [-0.3, -0.25) is 4.79 Å². The molecule has 0 bridgehead atoms. The molecule has 1 saturated heterocycles. The van der Waals surface area contributed by atoms with Crippen molar-refractivity contribution in [2.45, 2.75) is 44.7 Å². The predicted molar refractivity (Wildman–Crippen MR) is 99.7 cm³/mol. The van der Waals surface area contributed by atoms with E-state index >= 15 is 0 Å². The number of nitrogens with zero attached hydrogens (tertiary/aromatic N) is 4. The molecule has 2 fully saturated rings. The Balaban J connectivity index is 1.48. The zero-order valence-electron chi connectivity index (χ0n) is 15.2. The van der Waals surface area contributed by atoms with Gasteiger partial charge in [0.1, 0.15) is 0 Å². The molecule has 1 saturated carbocycles. The Labute approximate surface area is 154 Å². The van der Waals surface area contributed by atoms with Crippen molar-refractivity contribution in [1.29, 1.82) is 0 Å². The number of hydrogen-bond acceptors (Lipinski definition) is 4. The van der Waals surface area contributed by atoms with E-state index in [1.165, 1.54) is 19.3 Å². The number of piperidine rings is 1. The van der Waals surface area contributed by atoms with Crippen LogP contribution >= 0.6 is 0 Å². The van der Waals surface area contributed by atoms with Gasteiger partial charge in [0.2, 0.25) is 0 Å². The minimum Gasteiger partial charge on any atom is -0.333 e. The van der Waals surface area contributed by atoms with Crippen LogP contribution in [-0.2, 0) is 6.54 Å². The standard InChI is InChI=1S/C20H27N5O/c26-20(19-15-25(23-22-19)18-9-11-21-12-10-18)24(14-17-7-4-8-17)13-16-5-2-1-3-6-16/h1-3,5-6,15,17-18,21H,4,7-14H2. The van der Waals surface area contributed by atoms with Crippen LogP contribution in [-0.4, -0.2) is 45.4 Å². The van der Waals surface area contributed by atoms with Gasteiger partial charge in [-0.2, -0.15) is 0 Å². The summed E-state index contributed by atoms with van der Waals surface area (Å²) in [5.74, 6) is 0.628. The molecule has 1 aliphatic heterocycles. The number of benzene rings is 1. The number of carbonyl (C=O) groups is 1. The monoisotopic (exact) mass is 353 g/mol. The van der Waals surface area contributed by atoms with Crippen molar-refractivity contribution in [3.8, 4) is 0 Å². The molecule has 1 amide bonds. The molecule has 26 heavy (non-hydrogen) atoms. The normalized spacial score (nSPS) is 18.5. The fourth-order valence-corrected chi connectivity index (χ4v) is 3.80. The molecule has 6 heteroatoms. The number of hydrogen-bond donors (Lipinski definition) is 1. The molecule has 1 aromatic carbocycles. The molecule has 1 N–H and O–H groups in total. The molecule has 4 rings (SSSR count). The Morgan fingerprint density at radius 2 is 1.92 bits per heavy atom. The average molecular weight is 353 g/mol. The van der Waals surface area contributed by atoms with Crippen LogP contribution in [0.1, 0.15) is 54.2 Å². The zero-order valence-corrected chi connectivity index (χ0v) is 15.2. The molecule has 2 aliphatic rings. The van der Waals surface area contributed by atoms with Crippen molar-refractivity contribution in [2.75, 3.05) is 19.6 Å². The molecule has 0 spiro atoms. The molecule has 0 atom stereocenters. The van der Waals surface area contributed by atoms with Gasteiger partial charge in [-0.05, 0) is 50.3 Å². The third-order valence-corrected chi connectivity index (χ3v) is 5.62. The molecule has 138 valence electrons. The fourth-order valence-electron chi connectivity index (χ4n) is 3.80. The summed E-state index contributed by atoms with van der Waals surface area (Å²) in [6, 6.07) is 10.6. The van der Waals surface area contributed by atoms with Gasteiger partial charge >= 0.3 is 0 Å². The van der Waals surface area contributed by atoms with Crippen molar-refractivity contribution < 1.29 is 4.79 Å². The zero-order chi connectivity index (χ0) is 17.8. The van der Waals surface area contributed by atoms with Crippen LogP contribution in [0.4, 0.5) is 0 Å². The van der Waals surface area contributed by atoms with Gasteiger partial charge < -0.3 is 10.2 Å².